The Morgan fingerprint density at radius 1 is 0.900 bits per heavy atom. The molecule has 3 aromatic carbocycles. The van der Waals surface area contributed by atoms with E-state index in [4.69, 9.17) is 14.2 Å². The van der Waals surface area contributed by atoms with E-state index in [2.05, 4.69) is 24.1 Å². The summed E-state index contributed by atoms with van der Waals surface area (Å²) in [7, 11) is 3.06. The molecule has 0 aliphatic rings. The number of benzene rings is 3. The normalized spacial score (nSPS) is 12.4. The number of aromatic nitrogens is 2. The fourth-order valence-electron chi connectivity index (χ4n) is 5.33. The highest BCUT2D eigenvalue weighted by Crippen LogP contribution is 2.39. The van der Waals surface area contributed by atoms with Crippen molar-refractivity contribution >= 4 is 49.7 Å². The Labute approximate surface area is 230 Å². The van der Waals surface area contributed by atoms with Crippen LogP contribution in [0.25, 0.3) is 38.1 Å². The summed E-state index contributed by atoms with van der Waals surface area (Å²) in [5.41, 5.74) is 3.80. The molecule has 0 aliphatic carbocycles. The van der Waals surface area contributed by atoms with Gasteiger partial charge >= 0.3 is 0 Å². The molecule has 0 saturated carbocycles. The van der Waals surface area contributed by atoms with E-state index in [1.54, 1.807) is 29.7 Å². The number of ether oxygens (including phenoxy) is 3. The van der Waals surface area contributed by atoms with Crippen molar-refractivity contribution in [2.75, 3.05) is 19.5 Å². The third-order valence-electron chi connectivity index (χ3n) is 7.39. The van der Waals surface area contributed by atoms with Crippen molar-refractivity contribution in [2.24, 2.45) is 0 Å². The molecule has 1 atom stereocenters. The molecule has 0 fully saturated rings. The van der Waals surface area contributed by atoms with Crippen LogP contribution in [0, 0.1) is 0 Å². The first-order chi connectivity index (χ1) is 19.3. The SMILES string of the molecule is COc1ccc2c(c1OC)c(=O)n1c3ccc(O[C@@H](C)C(=O)Nc4ccc(C(C)C)cc4)cc3c3ccnc2c31. The molecule has 1 amide bonds. The summed E-state index contributed by atoms with van der Waals surface area (Å²) in [4.78, 5) is 31.4. The smallest absolute Gasteiger partial charge is 0.267 e. The van der Waals surface area contributed by atoms with Gasteiger partial charge in [-0.05, 0) is 66.9 Å². The maximum atomic E-state index is 13.9. The van der Waals surface area contributed by atoms with Crippen LogP contribution in [0.2, 0.25) is 0 Å². The molecule has 1 N–H and O–H groups in total. The van der Waals surface area contributed by atoms with Gasteiger partial charge in [-0.3, -0.25) is 19.0 Å². The topological polar surface area (TPSA) is 91.2 Å². The molecule has 8 nitrogen and oxygen atoms in total. The summed E-state index contributed by atoms with van der Waals surface area (Å²) in [5.74, 6) is 1.52. The van der Waals surface area contributed by atoms with Crippen LogP contribution in [0.1, 0.15) is 32.3 Å². The Kier molecular flexibility index (Phi) is 6.18. The third-order valence-corrected chi connectivity index (χ3v) is 7.39. The second-order valence-corrected chi connectivity index (χ2v) is 10.1. The van der Waals surface area contributed by atoms with E-state index in [0.29, 0.717) is 50.7 Å². The molecule has 3 heterocycles. The number of hydrogen-bond donors (Lipinski definition) is 1. The van der Waals surface area contributed by atoms with Crippen molar-refractivity contribution in [2.45, 2.75) is 32.8 Å². The number of methoxy groups -OCH3 is 2. The van der Waals surface area contributed by atoms with E-state index in [0.717, 1.165) is 16.3 Å². The van der Waals surface area contributed by atoms with Gasteiger partial charge in [0.05, 0.1) is 36.2 Å². The minimum Gasteiger partial charge on any atom is -0.493 e. The van der Waals surface area contributed by atoms with E-state index >= 15 is 0 Å². The minimum atomic E-state index is -0.744. The summed E-state index contributed by atoms with van der Waals surface area (Å²) in [6.45, 7) is 5.96. The van der Waals surface area contributed by atoms with E-state index in [-0.39, 0.29) is 11.5 Å². The molecule has 0 unspecified atom stereocenters. The number of amides is 1. The summed E-state index contributed by atoms with van der Waals surface area (Å²) in [5, 5.41) is 5.69. The van der Waals surface area contributed by atoms with Gasteiger partial charge in [0.1, 0.15) is 5.75 Å². The molecule has 0 spiro atoms. The number of rotatable bonds is 7. The second-order valence-electron chi connectivity index (χ2n) is 10.1. The van der Waals surface area contributed by atoms with Crippen LogP contribution in [-0.4, -0.2) is 35.6 Å². The maximum Gasteiger partial charge on any atom is 0.267 e. The van der Waals surface area contributed by atoms with Gasteiger partial charge in [0.15, 0.2) is 17.6 Å². The largest absolute Gasteiger partial charge is 0.493 e. The summed E-state index contributed by atoms with van der Waals surface area (Å²) in [6.07, 6.45) is 0.984. The van der Waals surface area contributed by atoms with Gasteiger partial charge in [0.25, 0.3) is 11.5 Å². The molecule has 0 bridgehead atoms. The molecule has 40 heavy (non-hydrogen) atoms. The van der Waals surface area contributed by atoms with Crippen LogP contribution in [0.15, 0.2) is 71.7 Å². The number of carbonyl (C=O) groups is 1. The van der Waals surface area contributed by atoms with Crippen molar-refractivity contribution in [3.63, 3.8) is 0 Å². The predicted molar refractivity (Wildman–Crippen MR) is 158 cm³/mol. The van der Waals surface area contributed by atoms with E-state index in [1.807, 2.05) is 48.5 Å². The molecular weight excluding hydrogens is 506 g/mol. The van der Waals surface area contributed by atoms with E-state index in [9.17, 15) is 9.59 Å². The molecule has 0 radical (unpaired) electrons. The standard InChI is InChI=1S/C32H29N3O5/c1-17(2)19-6-8-20(9-7-19)34-31(36)18(3)40-21-10-12-25-24(16-21)22-14-15-33-28-23-11-13-26(38-4)30(39-5)27(23)32(37)35(25)29(22)28/h6-18H,1-5H3,(H,34,36)/t18-/m0/s1. The average molecular weight is 536 g/mol. The Morgan fingerprint density at radius 3 is 2.38 bits per heavy atom. The molecule has 3 aromatic heterocycles. The summed E-state index contributed by atoms with van der Waals surface area (Å²) < 4.78 is 18.8. The maximum absolute atomic E-state index is 13.9. The van der Waals surface area contributed by atoms with Crippen molar-refractivity contribution < 1.29 is 19.0 Å². The quantitative estimate of drug-likeness (QED) is 0.247. The highest BCUT2D eigenvalue weighted by atomic mass is 16.5. The molecule has 202 valence electrons. The minimum absolute atomic E-state index is 0.226. The highest BCUT2D eigenvalue weighted by molar-refractivity contribution is 6.19. The second kappa shape index (κ2) is 9.72. The third kappa shape index (κ3) is 3.95. The fraction of sp³-hybridized carbons (Fsp3) is 0.219. The van der Waals surface area contributed by atoms with Gasteiger partial charge < -0.3 is 19.5 Å². The first kappa shape index (κ1) is 25.4. The lowest BCUT2D eigenvalue weighted by Crippen LogP contribution is -2.30. The Morgan fingerprint density at radius 2 is 1.68 bits per heavy atom. The lowest BCUT2D eigenvalue weighted by molar-refractivity contribution is -0.122. The molecule has 8 heteroatoms. The van der Waals surface area contributed by atoms with Crippen LogP contribution >= 0.6 is 0 Å². The Hall–Kier alpha value is -4.85. The van der Waals surface area contributed by atoms with Crippen molar-refractivity contribution in [3.8, 4) is 17.2 Å². The summed E-state index contributed by atoms with van der Waals surface area (Å²) >= 11 is 0. The average Bonchev–Trinajstić information content (AvgIpc) is 3.30. The van der Waals surface area contributed by atoms with Gasteiger partial charge in [-0.15, -0.1) is 0 Å². The molecule has 0 aliphatic heterocycles. The zero-order chi connectivity index (χ0) is 28.1. The Balaban J connectivity index is 1.40. The Bertz CT molecular complexity index is 1960. The lowest BCUT2D eigenvalue weighted by Gasteiger charge is -2.15. The van der Waals surface area contributed by atoms with E-state index in [1.165, 1.54) is 19.8 Å². The number of carbonyl (C=O) groups excluding carboxylic acids is 1. The van der Waals surface area contributed by atoms with Crippen LogP contribution in [0.4, 0.5) is 5.69 Å². The van der Waals surface area contributed by atoms with Crippen molar-refractivity contribution in [1.82, 2.24) is 9.38 Å². The van der Waals surface area contributed by atoms with Gasteiger partial charge in [0.2, 0.25) is 0 Å². The van der Waals surface area contributed by atoms with Crippen LogP contribution < -0.4 is 25.1 Å². The molecule has 6 aromatic rings. The van der Waals surface area contributed by atoms with Gasteiger partial charge in [0, 0.05) is 28.0 Å². The number of nitrogens with zero attached hydrogens (tertiary/aromatic N) is 2. The van der Waals surface area contributed by atoms with Crippen LogP contribution in [-0.2, 0) is 4.79 Å². The van der Waals surface area contributed by atoms with Crippen molar-refractivity contribution in [3.05, 3.63) is 82.8 Å². The monoisotopic (exact) mass is 535 g/mol. The lowest BCUT2D eigenvalue weighted by atomic mass is 10.0. The number of pyridine rings is 2. The first-order valence-electron chi connectivity index (χ1n) is 13.1. The number of anilines is 1. The predicted octanol–water partition coefficient (Wildman–Crippen LogP) is 6.14. The molecule has 6 rings (SSSR count). The molecular formula is C32H29N3O5. The van der Waals surface area contributed by atoms with Gasteiger partial charge in [-0.1, -0.05) is 26.0 Å². The van der Waals surface area contributed by atoms with Crippen LogP contribution in [0.3, 0.4) is 0 Å². The first-order valence-corrected chi connectivity index (χ1v) is 13.1. The number of fused-ring (bicyclic) bond motifs is 5. The zero-order valence-corrected chi connectivity index (χ0v) is 22.9. The van der Waals surface area contributed by atoms with Gasteiger partial charge in [-0.2, -0.15) is 0 Å². The number of hydrogen-bond acceptors (Lipinski definition) is 6. The van der Waals surface area contributed by atoms with Gasteiger partial charge in [-0.25, -0.2) is 0 Å². The zero-order valence-electron chi connectivity index (χ0n) is 22.9. The van der Waals surface area contributed by atoms with Crippen molar-refractivity contribution in [1.29, 1.82) is 0 Å². The molecule has 0 saturated heterocycles. The van der Waals surface area contributed by atoms with E-state index < -0.39 is 6.10 Å². The van der Waals surface area contributed by atoms with Crippen LogP contribution in [0.5, 0.6) is 17.2 Å². The highest BCUT2D eigenvalue weighted by Gasteiger charge is 2.23. The number of nitrogens with one attached hydrogen (secondary N) is 1. The summed E-state index contributed by atoms with van der Waals surface area (Å²) in [6, 6.07) is 18.8. The fourth-order valence-corrected chi connectivity index (χ4v) is 5.33.